The summed E-state index contributed by atoms with van der Waals surface area (Å²) >= 11 is 6.19. The van der Waals surface area contributed by atoms with Crippen LogP contribution in [0.3, 0.4) is 0 Å². The van der Waals surface area contributed by atoms with Crippen molar-refractivity contribution in [3.05, 3.63) is 51.8 Å². The highest BCUT2D eigenvalue weighted by atomic mass is 35.5. The third kappa shape index (κ3) is 4.41. The zero-order chi connectivity index (χ0) is 18.7. The van der Waals surface area contributed by atoms with Crippen LogP contribution in [-0.2, 0) is 9.53 Å². The van der Waals surface area contributed by atoms with Crippen LogP contribution < -0.4 is 4.74 Å². The Morgan fingerprint density at radius 2 is 2.00 bits per heavy atom. The first-order chi connectivity index (χ1) is 12.5. The molecule has 1 saturated carbocycles. The minimum atomic E-state index is -0.927. The van der Waals surface area contributed by atoms with Gasteiger partial charge in [-0.25, -0.2) is 8.78 Å². The number of benzene rings is 1. The summed E-state index contributed by atoms with van der Waals surface area (Å²) in [7, 11) is -0.927. The van der Waals surface area contributed by atoms with Gasteiger partial charge in [-0.2, -0.15) is 10.9 Å². The van der Waals surface area contributed by atoms with Crippen LogP contribution in [0.15, 0.2) is 45.9 Å². The Labute approximate surface area is 159 Å². The van der Waals surface area contributed by atoms with E-state index in [9.17, 15) is 13.6 Å². The molecule has 0 saturated heterocycles. The van der Waals surface area contributed by atoms with E-state index in [1.165, 1.54) is 18.2 Å². The summed E-state index contributed by atoms with van der Waals surface area (Å²) in [5, 5.41) is 1.70. The normalized spacial score (nSPS) is 29.2. The van der Waals surface area contributed by atoms with E-state index in [1.54, 1.807) is 24.5 Å². The molecule has 3 rings (SSSR count). The number of esters is 1. The lowest BCUT2D eigenvalue weighted by Gasteiger charge is -2.21. The number of halogens is 3. The minimum Gasteiger partial charge on any atom is -0.493 e. The molecule has 1 aromatic carbocycles. The molecule has 2 aliphatic rings. The minimum absolute atomic E-state index is 0.0480. The van der Waals surface area contributed by atoms with Crippen molar-refractivity contribution in [2.24, 2.45) is 11.8 Å². The average Bonchev–Trinajstić information content (AvgIpc) is 3.17. The topological polar surface area (TPSA) is 35.5 Å². The standard InChI is InChI=1S/C19H21ClF2O3S/c1-2-24-19(23)17-9-16(26-11-14(22)8-18(26)20)7-12(17)10-25-15-5-3-13(21)4-6-15/h3-6,8,11-12,16-17,26H,2,7,9-10H2,1H3. The fourth-order valence-electron chi connectivity index (χ4n) is 3.48. The highest BCUT2D eigenvalue weighted by molar-refractivity contribution is 8.24. The summed E-state index contributed by atoms with van der Waals surface area (Å²) in [4.78, 5) is 12.4. The van der Waals surface area contributed by atoms with E-state index < -0.39 is 10.9 Å². The molecular weight excluding hydrogens is 382 g/mol. The SMILES string of the molecule is CCOC(=O)C1CC([SH]2C=C(F)C=C2Cl)CC1COc1ccc(F)cc1. The van der Waals surface area contributed by atoms with E-state index in [4.69, 9.17) is 21.1 Å². The molecule has 1 aromatic rings. The zero-order valence-corrected chi connectivity index (χ0v) is 16.0. The molecule has 4 unspecified atom stereocenters. The van der Waals surface area contributed by atoms with Crippen molar-refractivity contribution in [1.82, 2.24) is 0 Å². The van der Waals surface area contributed by atoms with Crippen LogP contribution in [0.1, 0.15) is 19.8 Å². The van der Waals surface area contributed by atoms with Gasteiger partial charge in [0, 0.05) is 5.92 Å². The summed E-state index contributed by atoms with van der Waals surface area (Å²) in [5.41, 5.74) is 0. The number of rotatable bonds is 6. The van der Waals surface area contributed by atoms with E-state index in [1.807, 2.05) is 0 Å². The van der Waals surface area contributed by atoms with Crippen molar-refractivity contribution in [2.45, 2.75) is 25.0 Å². The van der Waals surface area contributed by atoms with Gasteiger partial charge in [-0.15, -0.1) is 0 Å². The number of carbonyl (C=O) groups excluding carboxylic acids is 1. The molecule has 1 aliphatic heterocycles. The lowest BCUT2D eigenvalue weighted by Crippen LogP contribution is -2.25. The van der Waals surface area contributed by atoms with E-state index in [-0.39, 0.29) is 34.7 Å². The Hall–Kier alpha value is -1.53. The van der Waals surface area contributed by atoms with E-state index in [0.29, 0.717) is 36.2 Å². The second-order valence-electron chi connectivity index (χ2n) is 6.40. The molecule has 0 N–H and O–H groups in total. The molecule has 0 spiro atoms. The molecular formula is C19H21ClF2O3S. The number of hydrogen-bond donors (Lipinski definition) is 1. The Balaban J connectivity index is 1.69. The van der Waals surface area contributed by atoms with Gasteiger partial charge in [-0.05, 0) is 60.8 Å². The number of allylic oxidation sites excluding steroid dienone is 2. The second-order valence-corrected chi connectivity index (χ2v) is 9.35. The van der Waals surface area contributed by atoms with Crippen molar-refractivity contribution in [3.8, 4) is 5.75 Å². The molecule has 1 aliphatic carbocycles. The Kier molecular flexibility index (Phi) is 6.24. The average molecular weight is 403 g/mol. The molecule has 0 amide bonds. The summed E-state index contributed by atoms with van der Waals surface area (Å²) in [6, 6.07) is 5.77. The number of thiol groups is 1. The van der Waals surface area contributed by atoms with Gasteiger partial charge in [0.15, 0.2) is 0 Å². The molecule has 3 nitrogen and oxygen atoms in total. The molecule has 1 fully saturated rings. The van der Waals surface area contributed by atoms with E-state index in [2.05, 4.69) is 0 Å². The van der Waals surface area contributed by atoms with Crippen molar-refractivity contribution in [1.29, 1.82) is 0 Å². The van der Waals surface area contributed by atoms with Gasteiger partial charge < -0.3 is 9.47 Å². The third-order valence-corrected chi connectivity index (χ3v) is 7.75. The Bertz CT molecular complexity index is 720. The maximum absolute atomic E-state index is 13.5. The Morgan fingerprint density at radius 1 is 1.27 bits per heavy atom. The summed E-state index contributed by atoms with van der Waals surface area (Å²) in [6.45, 7) is 2.41. The largest absolute Gasteiger partial charge is 0.493 e. The van der Waals surface area contributed by atoms with E-state index in [0.717, 1.165) is 0 Å². The molecule has 0 bridgehead atoms. The number of carbonyl (C=O) groups is 1. The van der Waals surface area contributed by atoms with Crippen LogP contribution in [0.5, 0.6) is 5.75 Å². The van der Waals surface area contributed by atoms with Crippen molar-refractivity contribution in [2.75, 3.05) is 13.2 Å². The fraction of sp³-hybridized carbons (Fsp3) is 0.421. The Morgan fingerprint density at radius 3 is 2.62 bits per heavy atom. The first kappa shape index (κ1) is 19.2. The summed E-state index contributed by atoms with van der Waals surface area (Å²) < 4.78 is 38.0. The molecule has 0 aromatic heterocycles. The molecule has 1 heterocycles. The third-order valence-electron chi connectivity index (χ3n) is 4.70. The predicted octanol–water partition coefficient (Wildman–Crippen LogP) is 5.07. The first-order valence-electron chi connectivity index (χ1n) is 8.55. The van der Waals surface area contributed by atoms with Gasteiger partial charge in [0.2, 0.25) is 0 Å². The summed E-state index contributed by atoms with van der Waals surface area (Å²) in [5.74, 6) is -0.686. The van der Waals surface area contributed by atoms with Gasteiger partial charge in [0.05, 0.1) is 23.5 Å². The van der Waals surface area contributed by atoms with Crippen LogP contribution >= 0.6 is 22.5 Å². The van der Waals surface area contributed by atoms with Crippen LogP contribution in [0.4, 0.5) is 8.78 Å². The van der Waals surface area contributed by atoms with Gasteiger partial charge in [0.25, 0.3) is 0 Å². The van der Waals surface area contributed by atoms with Crippen LogP contribution in [0, 0.1) is 17.7 Å². The molecule has 0 radical (unpaired) electrons. The van der Waals surface area contributed by atoms with Crippen molar-refractivity contribution < 1.29 is 23.0 Å². The number of hydrogen-bond acceptors (Lipinski definition) is 3. The van der Waals surface area contributed by atoms with Crippen LogP contribution in [-0.4, -0.2) is 24.4 Å². The lowest BCUT2D eigenvalue weighted by molar-refractivity contribution is -0.149. The quantitative estimate of drug-likeness (QED) is 0.533. The summed E-state index contributed by atoms with van der Waals surface area (Å²) in [6.07, 6.45) is 2.68. The van der Waals surface area contributed by atoms with Gasteiger partial charge in [0.1, 0.15) is 17.4 Å². The highest BCUT2D eigenvalue weighted by Crippen LogP contribution is 2.56. The highest BCUT2D eigenvalue weighted by Gasteiger charge is 2.43. The first-order valence-corrected chi connectivity index (χ1v) is 10.4. The zero-order valence-electron chi connectivity index (χ0n) is 14.3. The second kappa shape index (κ2) is 8.44. The van der Waals surface area contributed by atoms with E-state index >= 15 is 0 Å². The van der Waals surface area contributed by atoms with Crippen molar-refractivity contribution in [3.63, 3.8) is 0 Å². The number of ether oxygens (including phenoxy) is 2. The van der Waals surface area contributed by atoms with Crippen LogP contribution in [0.2, 0.25) is 0 Å². The van der Waals surface area contributed by atoms with Crippen molar-refractivity contribution >= 4 is 28.5 Å². The predicted molar refractivity (Wildman–Crippen MR) is 101 cm³/mol. The maximum atomic E-state index is 13.5. The molecule has 7 heteroatoms. The lowest BCUT2D eigenvalue weighted by atomic mass is 9.97. The fourth-order valence-corrected chi connectivity index (χ4v) is 6.39. The van der Waals surface area contributed by atoms with Crippen LogP contribution in [0.25, 0.3) is 0 Å². The molecule has 142 valence electrons. The van der Waals surface area contributed by atoms with Gasteiger partial charge >= 0.3 is 5.97 Å². The molecule has 26 heavy (non-hydrogen) atoms. The molecule has 4 atom stereocenters. The monoisotopic (exact) mass is 402 g/mol. The van der Waals surface area contributed by atoms with Gasteiger partial charge in [-0.3, -0.25) is 4.79 Å². The van der Waals surface area contributed by atoms with Gasteiger partial charge in [-0.1, -0.05) is 11.6 Å². The maximum Gasteiger partial charge on any atom is 0.309 e. The smallest absolute Gasteiger partial charge is 0.309 e.